The zero-order valence-electron chi connectivity index (χ0n) is 12.7. The molecule has 0 amide bonds. The normalized spacial score (nSPS) is 19.5. The van der Waals surface area contributed by atoms with Crippen LogP contribution in [0.5, 0.6) is 0 Å². The summed E-state index contributed by atoms with van der Waals surface area (Å²) in [7, 11) is -0.236. The second kappa shape index (κ2) is 12.8. The minimum absolute atomic E-state index is 0. The van der Waals surface area contributed by atoms with Crippen molar-refractivity contribution in [1.29, 1.82) is 0 Å². The minimum Gasteiger partial charge on any atom is -0.0722 e. The van der Waals surface area contributed by atoms with Gasteiger partial charge in [-0.05, 0) is 5.92 Å². The fourth-order valence-electron chi connectivity index (χ4n) is 3.17. The van der Waals surface area contributed by atoms with Gasteiger partial charge in [-0.1, -0.05) is 96.2 Å². The average molecular weight is 310 g/mol. The van der Waals surface area contributed by atoms with Gasteiger partial charge in [0.1, 0.15) is 0 Å². The van der Waals surface area contributed by atoms with Crippen molar-refractivity contribution in [3.63, 3.8) is 0 Å². The predicted octanol–water partition coefficient (Wildman–Crippen LogP) is 5.78. The van der Waals surface area contributed by atoms with E-state index in [-0.39, 0.29) is 25.9 Å². The van der Waals surface area contributed by atoms with Crippen LogP contribution in [0.2, 0.25) is 19.1 Å². The Morgan fingerprint density at radius 2 is 1.28 bits per heavy atom. The van der Waals surface area contributed by atoms with Gasteiger partial charge in [0.05, 0.1) is 0 Å². The van der Waals surface area contributed by atoms with Crippen LogP contribution in [-0.4, -0.2) is 8.80 Å². The molecule has 2 aliphatic carbocycles. The smallest absolute Gasteiger partial charge is 0.0305 e. The van der Waals surface area contributed by atoms with Gasteiger partial charge in [-0.2, -0.15) is 0 Å². The van der Waals surface area contributed by atoms with E-state index < -0.39 is 0 Å². The Balaban J connectivity index is 0.000000405. The van der Waals surface area contributed by atoms with Gasteiger partial charge in [0.2, 0.25) is 0 Å². The van der Waals surface area contributed by atoms with Gasteiger partial charge in [-0.25, -0.2) is 0 Å². The van der Waals surface area contributed by atoms with E-state index in [0.717, 1.165) is 5.92 Å². The molecule has 0 nitrogen and oxygen atoms in total. The van der Waals surface area contributed by atoms with Crippen molar-refractivity contribution in [3.05, 3.63) is 0 Å². The van der Waals surface area contributed by atoms with Crippen LogP contribution in [0.3, 0.4) is 0 Å². The molecule has 0 N–H and O–H groups in total. The van der Waals surface area contributed by atoms with E-state index >= 15 is 0 Å². The summed E-state index contributed by atoms with van der Waals surface area (Å²) < 4.78 is 0. The molecule has 110 valence electrons. The maximum absolute atomic E-state index is 2.47. The van der Waals surface area contributed by atoms with Crippen LogP contribution >= 0.6 is 0 Å². The fourth-order valence-corrected chi connectivity index (χ4v) is 4.27. The van der Waals surface area contributed by atoms with E-state index in [0.29, 0.717) is 0 Å². The minimum atomic E-state index is -0.236. The Hall–Kier alpha value is 0.736. The fraction of sp³-hybridized carbons (Fsp3) is 1.00. The number of unbranched alkanes of at least 4 members (excludes halogenated alkanes) is 1. The molecule has 0 aliphatic heterocycles. The quantitative estimate of drug-likeness (QED) is 0.446. The van der Waals surface area contributed by atoms with Crippen LogP contribution in [0.1, 0.15) is 77.0 Å². The molecule has 18 heavy (non-hydrogen) atoms. The molecule has 0 saturated heterocycles. The summed E-state index contributed by atoms with van der Waals surface area (Å²) >= 11 is 0. The van der Waals surface area contributed by atoms with Crippen LogP contribution in [0.15, 0.2) is 0 Å². The predicted molar refractivity (Wildman–Crippen MR) is 82.6 cm³/mol. The van der Waals surface area contributed by atoms with E-state index in [2.05, 4.69) is 13.1 Å². The van der Waals surface area contributed by atoms with Crippen molar-refractivity contribution in [2.24, 2.45) is 5.92 Å². The van der Waals surface area contributed by atoms with E-state index in [1.165, 1.54) is 57.8 Å². The van der Waals surface area contributed by atoms with Crippen LogP contribution in [0.25, 0.3) is 0 Å². The van der Waals surface area contributed by atoms with Crippen molar-refractivity contribution >= 4 is 8.80 Å². The summed E-state index contributed by atoms with van der Waals surface area (Å²) in [5.41, 5.74) is 0. The van der Waals surface area contributed by atoms with Crippen molar-refractivity contribution in [2.75, 3.05) is 0 Å². The van der Waals surface area contributed by atoms with Gasteiger partial charge < -0.3 is 0 Å². The van der Waals surface area contributed by atoms with E-state index in [1.54, 1.807) is 25.3 Å². The summed E-state index contributed by atoms with van der Waals surface area (Å²) in [5, 5.41) is 0. The van der Waals surface area contributed by atoms with Gasteiger partial charge in [0.25, 0.3) is 0 Å². The first-order valence-corrected chi connectivity index (χ1v) is 11.4. The third-order valence-corrected chi connectivity index (χ3v) is 5.93. The molecule has 0 aromatic rings. The number of rotatable bonds is 5. The zero-order valence-corrected chi connectivity index (χ0v) is 15.0. The molecule has 0 atom stereocenters. The van der Waals surface area contributed by atoms with Crippen LogP contribution in [-0.2, 0) is 17.1 Å². The molecule has 2 fully saturated rings. The van der Waals surface area contributed by atoms with Crippen molar-refractivity contribution in [3.8, 4) is 0 Å². The molecule has 0 aromatic carbocycles. The standard InChI is InChI=1S/C11H24Si.C5H10.Fe/c1-12(2)10-6-5-9-11-7-3-4-8-11;1-2-4-5-3-1;/h11-12H,3-10H2,1-2H3;1-5H2;. The van der Waals surface area contributed by atoms with E-state index in [9.17, 15) is 0 Å². The molecule has 0 heterocycles. The van der Waals surface area contributed by atoms with Crippen LogP contribution in [0.4, 0.5) is 0 Å². The van der Waals surface area contributed by atoms with Crippen molar-refractivity contribution in [1.82, 2.24) is 0 Å². The zero-order chi connectivity index (χ0) is 12.3. The van der Waals surface area contributed by atoms with Gasteiger partial charge >= 0.3 is 0 Å². The molecule has 0 bridgehead atoms. The second-order valence-corrected chi connectivity index (χ2v) is 9.96. The Morgan fingerprint density at radius 1 is 0.778 bits per heavy atom. The van der Waals surface area contributed by atoms with Crippen molar-refractivity contribution in [2.45, 2.75) is 96.2 Å². The summed E-state index contributed by atoms with van der Waals surface area (Å²) in [5.74, 6) is 1.12. The Morgan fingerprint density at radius 3 is 1.72 bits per heavy atom. The van der Waals surface area contributed by atoms with Gasteiger partial charge in [0, 0.05) is 25.9 Å². The molecule has 2 saturated carbocycles. The third-order valence-electron chi connectivity index (χ3n) is 4.37. The summed E-state index contributed by atoms with van der Waals surface area (Å²) in [6.45, 7) is 4.94. The van der Waals surface area contributed by atoms with Gasteiger partial charge in [-0.15, -0.1) is 0 Å². The first-order valence-electron chi connectivity index (χ1n) is 8.29. The molecule has 2 aliphatic rings. The van der Waals surface area contributed by atoms with Gasteiger partial charge in [-0.3, -0.25) is 0 Å². The Bertz CT molecular complexity index is 153. The average Bonchev–Trinajstić information content (AvgIpc) is 2.99. The summed E-state index contributed by atoms with van der Waals surface area (Å²) in [6, 6.07) is 1.58. The maximum Gasteiger partial charge on any atom is 0.0305 e. The SMILES string of the molecule is C1CCCC1.C[SiH](C)CCCCC1CCCC1.[Fe]. The van der Waals surface area contributed by atoms with Crippen LogP contribution < -0.4 is 0 Å². The third kappa shape index (κ3) is 10.6. The monoisotopic (exact) mass is 310 g/mol. The topological polar surface area (TPSA) is 0 Å². The molecule has 2 heteroatoms. The summed E-state index contributed by atoms with van der Waals surface area (Å²) in [4.78, 5) is 0. The molecule has 2 rings (SSSR count). The molecule has 0 radical (unpaired) electrons. The first kappa shape index (κ1) is 18.7. The Kier molecular flexibility index (Phi) is 13.3. The maximum atomic E-state index is 2.47. The number of hydrogen-bond donors (Lipinski definition) is 0. The first-order chi connectivity index (χ1) is 8.29. The molecular weight excluding hydrogens is 276 g/mol. The Labute approximate surface area is 128 Å². The summed E-state index contributed by atoms with van der Waals surface area (Å²) in [6.07, 6.45) is 18.2. The number of hydrogen-bond acceptors (Lipinski definition) is 0. The second-order valence-electron chi connectivity index (χ2n) is 6.60. The largest absolute Gasteiger partial charge is 0.0722 e. The molecular formula is C16H34FeSi. The van der Waals surface area contributed by atoms with Gasteiger partial charge in [0.15, 0.2) is 0 Å². The molecule has 0 spiro atoms. The molecule has 0 unspecified atom stereocenters. The van der Waals surface area contributed by atoms with E-state index in [4.69, 9.17) is 0 Å². The molecule has 0 aromatic heterocycles. The van der Waals surface area contributed by atoms with Crippen LogP contribution in [0, 0.1) is 5.92 Å². The van der Waals surface area contributed by atoms with Crippen molar-refractivity contribution < 1.29 is 17.1 Å². The van der Waals surface area contributed by atoms with E-state index in [1.807, 2.05) is 0 Å².